The number of carbonyl (C=O) groups is 1. The molecule has 60 valence electrons. The van der Waals surface area contributed by atoms with Crippen LogP contribution >= 0.6 is 11.6 Å². The summed E-state index contributed by atoms with van der Waals surface area (Å²) in [5.74, 6) is 0. The van der Waals surface area contributed by atoms with Gasteiger partial charge in [0, 0.05) is 6.20 Å². The molecule has 0 aliphatic heterocycles. The van der Waals surface area contributed by atoms with E-state index in [-0.39, 0.29) is 5.69 Å². The SMILES string of the molecule is O=Cc1nn2ccccc2c1Cl. The van der Waals surface area contributed by atoms with Crippen molar-refractivity contribution in [2.24, 2.45) is 0 Å². The smallest absolute Gasteiger partial charge is 0.171 e. The Morgan fingerprint density at radius 1 is 1.50 bits per heavy atom. The van der Waals surface area contributed by atoms with Gasteiger partial charge in [0.05, 0.1) is 10.5 Å². The molecule has 0 aliphatic carbocycles. The van der Waals surface area contributed by atoms with Gasteiger partial charge in [-0.25, -0.2) is 4.52 Å². The van der Waals surface area contributed by atoms with Gasteiger partial charge in [-0.3, -0.25) is 4.79 Å². The fourth-order valence-corrected chi connectivity index (χ4v) is 1.29. The van der Waals surface area contributed by atoms with Gasteiger partial charge in [0.1, 0.15) is 5.69 Å². The van der Waals surface area contributed by atoms with Crippen molar-refractivity contribution in [2.75, 3.05) is 0 Å². The van der Waals surface area contributed by atoms with E-state index in [1.54, 1.807) is 10.7 Å². The summed E-state index contributed by atoms with van der Waals surface area (Å²) in [6.45, 7) is 0. The first kappa shape index (κ1) is 7.31. The van der Waals surface area contributed by atoms with Crippen molar-refractivity contribution in [1.82, 2.24) is 9.61 Å². The van der Waals surface area contributed by atoms with Gasteiger partial charge in [0.15, 0.2) is 6.29 Å². The molecule has 4 heteroatoms. The van der Waals surface area contributed by atoms with E-state index in [1.807, 2.05) is 18.2 Å². The number of rotatable bonds is 1. The van der Waals surface area contributed by atoms with Gasteiger partial charge in [-0.15, -0.1) is 0 Å². The molecule has 0 N–H and O–H groups in total. The van der Waals surface area contributed by atoms with Crippen LogP contribution < -0.4 is 0 Å². The zero-order valence-electron chi connectivity index (χ0n) is 6.07. The molecule has 2 rings (SSSR count). The van der Waals surface area contributed by atoms with Crippen LogP contribution in [0.3, 0.4) is 0 Å². The monoisotopic (exact) mass is 180 g/mol. The van der Waals surface area contributed by atoms with Crippen molar-refractivity contribution in [3.8, 4) is 0 Å². The molecule has 0 amide bonds. The standard InChI is InChI=1S/C8H5ClN2O/c9-8-6(5-12)10-11-4-2-1-3-7(8)11/h1-5H. The molecule has 0 saturated carbocycles. The average Bonchev–Trinajstić information content (AvgIpc) is 2.44. The van der Waals surface area contributed by atoms with Crippen molar-refractivity contribution in [1.29, 1.82) is 0 Å². The second-order valence-corrected chi connectivity index (χ2v) is 2.73. The summed E-state index contributed by atoms with van der Waals surface area (Å²) in [7, 11) is 0. The number of hydrogen-bond acceptors (Lipinski definition) is 2. The molecule has 0 spiro atoms. The molecular weight excluding hydrogens is 176 g/mol. The molecule has 12 heavy (non-hydrogen) atoms. The van der Waals surface area contributed by atoms with Crippen molar-refractivity contribution in [3.63, 3.8) is 0 Å². The molecule has 3 nitrogen and oxygen atoms in total. The van der Waals surface area contributed by atoms with E-state index in [4.69, 9.17) is 11.6 Å². The molecule has 0 unspecified atom stereocenters. The van der Waals surface area contributed by atoms with Crippen LogP contribution in [-0.4, -0.2) is 15.9 Å². The molecular formula is C8H5ClN2O. The van der Waals surface area contributed by atoms with Crippen molar-refractivity contribution >= 4 is 23.4 Å². The number of fused-ring (bicyclic) bond motifs is 1. The number of carbonyl (C=O) groups excluding carboxylic acids is 1. The van der Waals surface area contributed by atoms with Crippen molar-refractivity contribution in [3.05, 3.63) is 35.1 Å². The van der Waals surface area contributed by atoms with Gasteiger partial charge in [0.25, 0.3) is 0 Å². The lowest BCUT2D eigenvalue weighted by Crippen LogP contribution is -1.85. The number of hydrogen-bond donors (Lipinski definition) is 0. The largest absolute Gasteiger partial charge is 0.296 e. The molecule has 0 radical (unpaired) electrons. The van der Waals surface area contributed by atoms with Crippen LogP contribution in [0.5, 0.6) is 0 Å². The van der Waals surface area contributed by atoms with Crippen LogP contribution in [0.15, 0.2) is 24.4 Å². The van der Waals surface area contributed by atoms with Crippen LogP contribution in [0.4, 0.5) is 0 Å². The third kappa shape index (κ3) is 0.905. The van der Waals surface area contributed by atoms with E-state index in [9.17, 15) is 4.79 Å². The second-order valence-electron chi connectivity index (χ2n) is 2.35. The summed E-state index contributed by atoms with van der Waals surface area (Å²) in [5, 5.41) is 4.36. The molecule has 2 heterocycles. The number of nitrogens with zero attached hydrogens (tertiary/aromatic N) is 2. The predicted molar refractivity (Wildman–Crippen MR) is 45.6 cm³/mol. The van der Waals surface area contributed by atoms with E-state index >= 15 is 0 Å². The van der Waals surface area contributed by atoms with Crippen LogP contribution in [0, 0.1) is 0 Å². The molecule has 0 bridgehead atoms. The highest BCUT2D eigenvalue weighted by Crippen LogP contribution is 2.19. The number of aldehydes is 1. The number of halogens is 1. The highest BCUT2D eigenvalue weighted by Gasteiger charge is 2.07. The Hall–Kier alpha value is -1.35. The minimum absolute atomic E-state index is 0.280. The first-order valence-corrected chi connectivity index (χ1v) is 3.79. The normalized spacial score (nSPS) is 10.4. The molecule has 0 fully saturated rings. The minimum atomic E-state index is 0.280. The highest BCUT2D eigenvalue weighted by molar-refractivity contribution is 6.36. The van der Waals surface area contributed by atoms with Crippen molar-refractivity contribution < 1.29 is 4.79 Å². The number of pyridine rings is 1. The van der Waals surface area contributed by atoms with Crippen LogP contribution in [0.1, 0.15) is 10.5 Å². The van der Waals surface area contributed by atoms with E-state index in [0.29, 0.717) is 11.3 Å². The zero-order valence-corrected chi connectivity index (χ0v) is 6.82. The Balaban J connectivity index is 2.87. The Kier molecular flexibility index (Phi) is 1.59. The maximum absolute atomic E-state index is 10.4. The molecule has 0 saturated heterocycles. The molecule has 2 aromatic rings. The summed E-state index contributed by atoms with van der Waals surface area (Å²) in [5.41, 5.74) is 1.03. The lowest BCUT2D eigenvalue weighted by molar-refractivity contribution is 0.111. The Labute approximate surface area is 73.6 Å². The highest BCUT2D eigenvalue weighted by atomic mass is 35.5. The molecule has 0 aromatic carbocycles. The van der Waals surface area contributed by atoms with Crippen molar-refractivity contribution in [2.45, 2.75) is 0 Å². The third-order valence-corrected chi connectivity index (χ3v) is 2.00. The number of aromatic nitrogens is 2. The third-order valence-electron chi connectivity index (χ3n) is 1.62. The summed E-state index contributed by atoms with van der Waals surface area (Å²) in [6, 6.07) is 5.48. The lowest BCUT2D eigenvalue weighted by atomic mass is 10.4. The van der Waals surface area contributed by atoms with E-state index in [2.05, 4.69) is 5.10 Å². The summed E-state index contributed by atoms with van der Waals surface area (Å²) in [6.07, 6.45) is 2.39. The molecule has 0 atom stereocenters. The fraction of sp³-hybridized carbons (Fsp3) is 0. The van der Waals surface area contributed by atoms with Crippen LogP contribution in [0.25, 0.3) is 5.52 Å². The van der Waals surface area contributed by atoms with E-state index < -0.39 is 0 Å². The first-order valence-electron chi connectivity index (χ1n) is 3.41. The zero-order chi connectivity index (χ0) is 8.55. The molecule has 0 aliphatic rings. The average molecular weight is 181 g/mol. The van der Waals surface area contributed by atoms with E-state index in [0.717, 1.165) is 5.52 Å². The van der Waals surface area contributed by atoms with Gasteiger partial charge in [-0.1, -0.05) is 17.7 Å². The van der Waals surface area contributed by atoms with Gasteiger partial charge < -0.3 is 0 Å². The Bertz CT molecular complexity index is 436. The first-order chi connectivity index (χ1) is 5.83. The van der Waals surface area contributed by atoms with Crippen LogP contribution in [0.2, 0.25) is 5.02 Å². The predicted octanol–water partition coefficient (Wildman–Crippen LogP) is 1.80. The van der Waals surface area contributed by atoms with Gasteiger partial charge in [0.2, 0.25) is 0 Å². The summed E-state index contributed by atoms with van der Waals surface area (Å²) >= 11 is 5.84. The fourth-order valence-electron chi connectivity index (χ4n) is 1.06. The Morgan fingerprint density at radius 2 is 2.33 bits per heavy atom. The summed E-state index contributed by atoms with van der Waals surface area (Å²) in [4.78, 5) is 10.4. The quantitative estimate of drug-likeness (QED) is 0.628. The lowest BCUT2D eigenvalue weighted by Gasteiger charge is -1.88. The van der Waals surface area contributed by atoms with Crippen LogP contribution in [-0.2, 0) is 0 Å². The van der Waals surface area contributed by atoms with E-state index in [1.165, 1.54) is 0 Å². The Morgan fingerprint density at radius 3 is 3.00 bits per heavy atom. The molecule has 2 aromatic heterocycles. The summed E-state index contributed by atoms with van der Waals surface area (Å²) < 4.78 is 1.58. The van der Waals surface area contributed by atoms with Gasteiger partial charge in [-0.2, -0.15) is 5.10 Å². The topological polar surface area (TPSA) is 34.4 Å². The van der Waals surface area contributed by atoms with Gasteiger partial charge in [-0.05, 0) is 12.1 Å². The van der Waals surface area contributed by atoms with Gasteiger partial charge >= 0.3 is 0 Å². The maximum atomic E-state index is 10.4. The maximum Gasteiger partial charge on any atom is 0.171 e. The minimum Gasteiger partial charge on any atom is -0.296 e. The second kappa shape index (κ2) is 2.60.